The molecule has 9 nitrogen and oxygen atoms in total. The van der Waals surface area contributed by atoms with Crippen LogP contribution in [-0.4, -0.2) is 52.4 Å². The van der Waals surface area contributed by atoms with Gasteiger partial charge in [0.25, 0.3) is 5.91 Å². The maximum atomic E-state index is 12.8. The summed E-state index contributed by atoms with van der Waals surface area (Å²) < 4.78 is 7.51. The minimum atomic E-state index is -0.257. The van der Waals surface area contributed by atoms with Gasteiger partial charge < -0.3 is 14.6 Å². The van der Waals surface area contributed by atoms with Gasteiger partial charge in [-0.15, -0.1) is 0 Å². The van der Waals surface area contributed by atoms with Gasteiger partial charge in [-0.3, -0.25) is 24.4 Å². The number of hydrogen-bond acceptors (Lipinski definition) is 6. The van der Waals surface area contributed by atoms with Crippen LogP contribution in [0.3, 0.4) is 0 Å². The van der Waals surface area contributed by atoms with Crippen molar-refractivity contribution < 1.29 is 14.3 Å². The number of amides is 2. The zero-order valence-electron chi connectivity index (χ0n) is 20.3. The van der Waals surface area contributed by atoms with E-state index in [2.05, 4.69) is 48.2 Å². The second-order valence-corrected chi connectivity index (χ2v) is 9.69. The number of fused-ring (bicyclic) bond motifs is 3. The monoisotopic (exact) mass is 472 g/mol. The van der Waals surface area contributed by atoms with Gasteiger partial charge in [0.15, 0.2) is 11.5 Å². The number of imidazole rings is 1. The van der Waals surface area contributed by atoms with Gasteiger partial charge in [-0.2, -0.15) is 0 Å². The van der Waals surface area contributed by atoms with E-state index in [0.29, 0.717) is 42.0 Å². The summed E-state index contributed by atoms with van der Waals surface area (Å²) in [5.74, 6) is 2.10. The van der Waals surface area contributed by atoms with E-state index < -0.39 is 0 Å². The molecule has 0 fully saturated rings. The highest BCUT2D eigenvalue weighted by Crippen LogP contribution is 2.29. The molecule has 2 aliphatic heterocycles. The molecule has 0 saturated carbocycles. The van der Waals surface area contributed by atoms with Gasteiger partial charge in [0.1, 0.15) is 18.0 Å². The smallest absolute Gasteiger partial charge is 0.280 e. The number of aliphatic imine (C=N–C) groups is 1. The van der Waals surface area contributed by atoms with Gasteiger partial charge in [0.05, 0.1) is 12.9 Å². The number of benzene rings is 2. The van der Waals surface area contributed by atoms with Gasteiger partial charge in [0, 0.05) is 19.3 Å². The molecule has 0 aliphatic carbocycles. The number of ether oxygens (including phenoxy) is 1. The average molecular weight is 473 g/mol. The number of guanidine groups is 1. The van der Waals surface area contributed by atoms with Gasteiger partial charge in [-0.25, -0.2) is 4.98 Å². The lowest BCUT2D eigenvalue weighted by Crippen LogP contribution is -2.48. The largest absolute Gasteiger partial charge is 0.457 e. The lowest BCUT2D eigenvalue weighted by molar-refractivity contribution is -0.116. The van der Waals surface area contributed by atoms with Crippen molar-refractivity contribution in [2.45, 2.75) is 32.7 Å². The first-order chi connectivity index (χ1) is 16.7. The maximum Gasteiger partial charge on any atom is 0.280 e. The van der Waals surface area contributed by atoms with Crippen LogP contribution >= 0.6 is 0 Å². The molecule has 0 atom stereocenters. The molecule has 1 N–H and O–H groups in total. The Balaban J connectivity index is 1.22. The number of anilines is 2. The van der Waals surface area contributed by atoms with Gasteiger partial charge in [-0.05, 0) is 47.4 Å². The van der Waals surface area contributed by atoms with Gasteiger partial charge >= 0.3 is 0 Å². The van der Waals surface area contributed by atoms with Crippen LogP contribution in [0.25, 0.3) is 0 Å². The highest BCUT2D eigenvalue weighted by molar-refractivity contribution is 6.17. The minimum absolute atomic E-state index is 0.0272. The highest BCUT2D eigenvalue weighted by Gasteiger charge is 2.38. The summed E-state index contributed by atoms with van der Waals surface area (Å²) in [5.41, 5.74) is 2.36. The summed E-state index contributed by atoms with van der Waals surface area (Å²) in [5, 5.41) is 2.87. The molecule has 0 radical (unpaired) electrons. The van der Waals surface area contributed by atoms with Crippen LogP contribution in [-0.2, 0) is 16.8 Å². The maximum absolute atomic E-state index is 12.8. The van der Waals surface area contributed by atoms with Crippen LogP contribution in [0, 0.1) is 0 Å². The molecule has 0 unspecified atom stereocenters. The molecule has 2 aromatic carbocycles. The van der Waals surface area contributed by atoms with Gasteiger partial charge in [0.2, 0.25) is 11.9 Å². The number of aromatic nitrogens is 2. The Bertz CT molecular complexity index is 1300. The molecule has 2 aliphatic rings. The molecule has 0 bridgehead atoms. The summed E-state index contributed by atoms with van der Waals surface area (Å²) in [7, 11) is 1.68. The first kappa shape index (κ1) is 22.6. The van der Waals surface area contributed by atoms with E-state index in [4.69, 9.17) is 4.74 Å². The summed E-state index contributed by atoms with van der Waals surface area (Å²) in [6.45, 7) is 7.77. The Labute approximate surface area is 204 Å². The molecular weight excluding hydrogens is 444 g/mol. The first-order valence-corrected chi connectivity index (χ1v) is 11.5. The number of hydrogen-bond donors (Lipinski definition) is 1. The van der Waals surface area contributed by atoms with Crippen molar-refractivity contribution in [1.82, 2.24) is 14.5 Å². The Morgan fingerprint density at radius 3 is 2.37 bits per heavy atom. The summed E-state index contributed by atoms with van der Waals surface area (Å²) in [6, 6.07) is 15.2. The van der Waals surface area contributed by atoms with Crippen molar-refractivity contribution in [2.75, 3.05) is 30.4 Å². The van der Waals surface area contributed by atoms with E-state index in [1.54, 1.807) is 35.9 Å². The SMILES string of the molecule is CN1C(=O)c2c(ncn2CC(=O)Nc2ccc(Oc3ccc(C(C)(C)C)cc3)cc2)N2CCN=C12. The van der Waals surface area contributed by atoms with E-state index in [-0.39, 0.29) is 23.8 Å². The van der Waals surface area contributed by atoms with Crippen LogP contribution in [0.2, 0.25) is 0 Å². The van der Waals surface area contributed by atoms with E-state index in [0.717, 1.165) is 5.75 Å². The summed E-state index contributed by atoms with van der Waals surface area (Å²) >= 11 is 0. The van der Waals surface area contributed by atoms with Crippen molar-refractivity contribution in [3.63, 3.8) is 0 Å². The molecule has 5 rings (SSSR count). The molecule has 1 aromatic heterocycles. The van der Waals surface area contributed by atoms with Crippen LogP contribution in [0.1, 0.15) is 36.8 Å². The Hall–Kier alpha value is -4.14. The first-order valence-electron chi connectivity index (χ1n) is 11.5. The van der Waals surface area contributed by atoms with Crippen molar-refractivity contribution >= 4 is 29.3 Å². The standard InChI is InChI=1S/C26H28N6O3/c1-26(2,3)17-5-9-19(10-6-17)35-20-11-7-18(8-12-20)29-21(33)15-31-16-28-23-22(31)24(34)30(4)25-27-13-14-32(23)25/h5-12,16H,13-15H2,1-4H3,(H,29,33). The fourth-order valence-electron chi connectivity index (χ4n) is 4.20. The van der Waals surface area contributed by atoms with Crippen LogP contribution in [0.5, 0.6) is 11.5 Å². The van der Waals surface area contributed by atoms with E-state index >= 15 is 0 Å². The average Bonchev–Trinajstić information content (AvgIpc) is 3.46. The predicted molar refractivity (Wildman–Crippen MR) is 134 cm³/mol. The zero-order valence-corrected chi connectivity index (χ0v) is 20.3. The molecule has 3 heterocycles. The normalized spacial score (nSPS) is 15.0. The zero-order chi connectivity index (χ0) is 24.7. The fraction of sp³-hybridized carbons (Fsp3) is 0.308. The molecule has 9 heteroatoms. The van der Waals surface area contributed by atoms with Crippen molar-refractivity contribution in [2.24, 2.45) is 4.99 Å². The third-order valence-corrected chi connectivity index (χ3v) is 6.11. The number of rotatable bonds is 5. The number of carbonyl (C=O) groups excluding carboxylic acids is 2. The van der Waals surface area contributed by atoms with E-state index in [1.165, 1.54) is 16.8 Å². The lowest BCUT2D eigenvalue weighted by Gasteiger charge is -2.31. The lowest BCUT2D eigenvalue weighted by atomic mass is 9.87. The number of nitrogens with one attached hydrogen (secondary N) is 1. The predicted octanol–water partition coefficient (Wildman–Crippen LogP) is 3.87. The Morgan fingerprint density at radius 2 is 1.71 bits per heavy atom. The molecule has 0 saturated heterocycles. The Kier molecular flexibility index (Phi) is 5.55. The van der Waals surface area contributed by atoms with Crippen molar-refractivity contribution in [3.05, 3.63) is 66.1 Å². The molecule has 180 valence electrons. The molecule has 2 amide bonds. The highest BCUT2D eigenvalue weighted by atomic mass is 16.5. The van der Waals surface area contributed by atoms with Gasteiger partial charge in [-0.1, -0.05) is 32.9 Å². The molecule has 0 spiro atoms. The number of carbonyl (C=O) groups is 2. The summed E-state index contributed by atoms with van der Waals surface area (Å²) in [4.78, 5) is 37.7. The molecule has 3 aromatic rings. The van der Waals surface area contributed by atoms with Crippen LogP contribution < -0.4 is 15.0 Å². The van der Waals surface area contributed by atoms with Crippen molar-refractivity contribution in [1.29, 1.82) is 0 Å². The fourth-order valence-corrected chi connectivity index (χ4v) is 4.20. The quantitative estimate of drug-likeness (QED) is 0.609. The van der Waals surface area contributed by atoms with E-state index in [9.17, 15) is 9.59 Å². The summed E-state index contributed by atoms with van der Waals surface area (Å²) in [6.07, 6.45) is 1.53. The number of nitrogens with zero attached hydrogens (tertiary/aromatic N) is 5. The second-order valence-electron chi connectivity index (χ2n) is 9.69. The molecule has 35 heavy (non-hydrogen) atoms. The van der Waals surface area contributed by atoms with E-state index in [1.807, 2.05) is 17.0 Å². The van der Waals surface area contributed by atoms with Crippen molar-refractivity contribution in [3.8, 4) is 11.5 Å². The van der Waals surface area contributed by atoms with Crippen LogP contribution in [0.4, 0.5) is 11.5 Å². The third-order valence-electron chi connectivity index (χ3n) is 6.11. The topological polar surface area (TPSA) is 92.1 Å². The third kappa shape index (κ3) is 4.37. The Morgan fingerprint density at radius 1 is 1.06 bits per heavy atom. The minimum Gasteiger partial charge on any atom is -0.457 e. The van der Waals surface area contributed by atoms with Crippen LogP contribution in [0.15, 0.2) is 59.9 Å². The molecular formula is C26H28N6O3. The second kappa shape index (κ2) is 8.57.